The summed E-state index contributed by atoms with van der Waals surface area (Å²) in [7, 11) is 0. The molecule has 0 aliphatic carbocycles. The van der Waals surface area contributed by atoms with Gasteiger partial charge in [-0.3, -0.25) is 4.79 Å². The molecule has 0 aliphatic heterocycles. The Kier molecular flexibility index (Phi) is 35.1. The molecular formula is C42H71NO3. The average molecular weight is 638 g/mol. The first-order valence-corrected chi connectivity index (χ1v) is 18.8. The number of carbonyl (C=O) groups excluding carboxylic acids is 1. The molecule has 0 heterocycles. The van der Waals surface area contributed by atoms with Gasteiger partial charge in [0.05, 0.1) is 18.8 Å². The lowest BCUT2D eigenvalue weighted by molar-refractivity contribution is -0.123. The van der Waals surface area contributed by atoms with Crippen LogP contribution in [0.2, 0.25) is 0 Å². The number of hydrogen-bond acceptors (Lipinski definition) is 3. The zero-order chi connectivity index (χ0) is 33.6. The lowest BCUT2D eigenvalue weighted by atomic mass is 10.0. The Balaban J connectivity index is 3.54. The summed E-state index contributed by atoms with van der Waals surface area (Å²) in [6.45, 7) is 4.07. The van der Waals surface area contributed by atoms with E-state index in [1.807, 2.05) is 0 Å². The molecule has 3 N–H and O–H groups in total. The molecule has 0 spiro atoms. The molecule has 2 atom stereocenters. The molecule has 0 radical (unpaired) electrons. The first kappa shape index (κ1) is 43.6. The van der Waals surface area contributed by atoms with Gasteiger partial charge in [0.1, 0.15) is 0 Å². The van der Waals surface area contributed by atoms with Crippen LogP contribution in [-0.2, 0) is 4.79 Å². The number of nitrogens with one attached hydrogen (secondary N) is 1. The van der Waals surface area contributed by atoms with E-state index in [0.29, 0.717) is 12.8 Å². The van der Waals surface area contributed by atoms with Crippen LogP contribution in [0.4, 0.5) is 0 Å². The molecule has 4 nitrogen and oxygen atoms in total. The molecule has 0 saturated heterocycles. The van der Waals surface area contributed by atoms with Crippen molar-refractivity contribution in [2.45, 2.75) is 167 Å². The van der Waals surface area contributed by atoms with Crippen LogP contribution in [0, 0.1) is 0 Å². The van der Waals surface area contributed by atoms with E-state index in [1.165, 1.54) is 51.4 Å². The predicted octanol–water partition coefficient (Wildman–Crippen LogP) is 11.3. The van der Waals surface area contributed by atoms with Crippen LogP contribution in [-0.4, -0.2) is 34.9 Å². The minimum Gasteiger partial charge on any atom is -0.394 e. The molecule has 0 rings (SSSR count). The van der Waals surface area contributed by atoms with Crippen molar-refractivity contribution in [2.75, 3.05) is 6.61 Å². The summed E-state index contributed by atoms with van der Waals surface area (Å²) in [5.41, 5.74) is 0. The van der Waals surface area contributed by atoms with Crippen molar-refractivity contribution >= 4 is 5.91 Å². The van der Waals surface area contributed by atoms with Gasteiger partial charge in [0.2, 0.25) is 5.91 Å². The van der Waals surface area contributed by atoms with E-state index >= 15 is 0 Å². The molecule has 46 heavy (non-hydrogen) atoms. The maximum Gasteiger partial charge on any atom is 0.220 e. The van der Waals surface area contributed by atoms with Gasteiger partial charge in [-0.05, 0) is 70.6 Å². The Morgan fingerprint density at radius 2 is 0.957 bits per heavy atom. The van der Waals surface area contributed by atoms with Crippen LogP contribution in [0.1, 0.15) is 155 Å². The van der Waals surface area contributed by atoms with Gasteiger partial charge in [-0.2, -0.15) is 0 Å². The first-order chi connectivity index (χ1) is 22.7. The molecule has 0 aromatic heterocycles. The van der Waals surface area contributed by atoms with Gasteiger partial charge < -0.3 is 15.5 Å². The summed E-state index contributed by atoms with van der Waals surface area (Å²) >= 11 is 0. The molecule has 0 bridgehead atoms. The summed E-state index contributed by atoms with van der Waals surface area (Å²) in [6.07, 6.45) is 54.2. The third-order valence-corrected chi connectivity index (χ3v) is 7.92. The lowest BCUT2D eigenvalue weighted by Crippen LogP contribution is -2.45. The van der Waals surface area contributed by atoms with Gasteiger partial charge in [-0.1, -0.05) is 163 Å². The van der Waals surface area contributed by atoms with Gasteiger partial charge >= 0.3 is 0 Å². The van der Waals surface area contributed by atoms with Crippen molar-refractivity contribution in [1.29, 1.82) is 0 Å². The van der Waals surface area contributed by atoms with E-state index in [-0.39, 0.29) is 12.5 Å². The lowest BCUT2D eigenvalue weighted by Gasteiger charge is -2.22. The number of allylic oxidation sites excluding steroid dienone is 14. The number of rotatable bonds is 32. The third kappa shape index (κ3) is 32.9. The minimum atomic E-state index is -0.662. The van der Waals surface area contributed by atoms with E-state index in [4.69, 9.17) is 0 Å². The van der Waals surface area contributed by atoms with Crippen LogP contribution in [0.5, 0.6) is 0 Å². The highest BCUT2D eigenvalue weighted by Gasteiger charge is 2.19. The fourth-order valence-electron chi connectivity index (χ4n) is 5.04. The number of unbranched alkanes of at least 4 members (excludes halogenated alkanes) is 11. The van der Waals surface area contributed by atoms with E-state index in [2.05, 4.69) is 104 Å². The third-order valence-electron chi connectivity index (χ3n) is 7.92. The molecule has 0 saturated carbocycles. The number of aliphatic hydroxyl groups excluding tert-OH is 2. The molecule has 0 aromatic carbocycles. The van der Waals surface area contributed by atoms with E-state index in [1.54, 1.807) is 0 Å². The van der Waals surface area contributed by atoms with Crippen LogP contribution >= 0.6 is 0 Å². The van der Waals surface area contributed by atoms with Crippen molar-refractivity contribution < 1.29 is 15.0 Å². The highest BCUT2D eigenvalue weighted by atomic mass is 16.3. The van der Waals surface area contributed by atoms with E-state index in [0.717, 1.165) is 77.0 Å². The summed E-state index contributed by atoms with van der Waals surface area (Å²) in [5.74, 6) is -0.0556. The van der Waals surface area contributed by atoms with Crippen LogP contribution in [0.15, 0.2) is 85.1 Å². The Morgan fingerprint density at radius 3 is 1.39 bits per heavy atom. The number of aliphatic hydroxyl groups is 2. The zero-order valence-electron chi connectivity index (χ0n) is 29.8. The summed E-state index contributed by atoms with van der Waals surface area (Å²) in [4.78, 5) is 12.2. The molecule has 262 valence electrons. The monoisotopic (exact) mass is 638 g/mol. The smallest absolute Gasteiger partial charge is 0.220 e. The Bertz CT molecular complexity index is 864. The van der Waals surface area contributed by atoms with Crippen molar-refractivity contribution in [1.82, 2.24) is 5.32 Å². The van der Waals surface area contributed by atoms with Crippen LogP contribution < -0.4 is 5.32 Å². The summed E-state index contributed by atoms with van der Waals surface area (Å²) in [5, 5.41) is 22.5. The molecule has 4 heteroatoms. The largest absolute Gasteiger partial charge is 0.394 e. The Hall–Kier alpha value is -2.43. The molecular weight excluding hydrogens is 566 g/mol. The van der Waals surface area contributed by atoms with Crippen LogP contribution in [0.25, 0.3) is 0 Å². The van der Waals surface area contributed by atoms with Crippen LogP contribution in [0.3, 0.4) is 0 Å². The highest BCUT2D eigenvalue weighted by molar-refractivity contribution is 5.76. The fourth-order valence-corrected chi connectivity index (χ4v) is 5.04. The second-order valence-corrected chi connectivity index (χ2v) is 12.3. The number of amides is 1. The second kappa shape index (κ2) is 37.0. The van der Waals surface area contributed by atoms with Crippen molar-refractivity contribution in [3.05, 3.63) is 85.1 Å². The summed E-state index contributed by atoms with van der Waals surface area (Å²) in [6, 6.07) is -0.539. The summed E-state index contributed by atoms with van der Waals surface area (Å²) < 4.78 is 0. The highest BCUT2D eigenvalue weighted by Crippen LogP contribution is 2.12. The molecule has 2 unspecified atom stereocenters. The standard InChI is InChI=1S/C42H71NO3/c1-3-5-7-8-9-10-11-12-13-14-15-16-17-18-19-20-21-22-23-24-25-26-27-28-29-30-31-32-33-34-36-38-42(46)43-40(39-44)41(45)37-35-6-4-2/h5,7,9-10,12-13,15-16,18-19,21-22,24-25,40-41,44-45H,3-4,6,8,11,14,17,20,23,26-39H2,1-2H3,(H,43,46)/b7-5-,10-9-,13-12-,16-15-,19-18-,22-21-,25-24-. The second-order valence-electron chi connectivity index (χ2n) is 12.3. The van der Waals surface area contributed by atoms with E-state index < -0.39 is 12.1 Å². The van der Waals surface area contributed by atoms with E-state index in [9.17, 15) is 15.0 Å². The maximum atomic E-state index is 12.2. The predicted molar refractivity (Wildman–Crippen MR) is 202 cm³/mol. The average Bonchev–Trinajstić information content (AvgIpc) is 3.06. The SMILES string of the molecule is CC/C=C\C/C=C\C/C=C\C/C=C\C/C=C\C/C=C\C/C=C\CCCCCCCCCCCC(=O)NC(CO)C(O)CCCCC. The van der Waals surface area contributed by atoms with Gasteiger partial charge in [0, 0.05) is 6.42 Å². The topological polar surface area (TPSA) is 69.6 Å². The zero-order valence-corrected chi connectivity index (χ0v) is 29.8. The molecule has 0 aliphatic rings. The Morgan fingerprint density at radius 1 is 0.543 bits per heavy atom. The first-order valence-electron chi connectivity index (χ1n) is 18.8. The number of carbonyl (C=O) groups is 1. The number of hydrogen-bond donors (Lipinski definition) is 3. The fraction of sp³-hybridized carbons (Fsp3) is 0.643. The minimum absolute atomic E-state index is 0.0556. The van der Waals surface area contributed by atoms with Gasteiger partial charge in [0.15, 0.2) is 0 Å². The van der Waals surface area contributed by atoms with Gasteiger partial charge in [-0.15, -0.1) is 0 Å². The molecule has 0 fully saturated rings. The Labute approximate surface area is 284 Å². The van der Waals surface area contributed by atoms with Gasteiger partial charge in [-0.25, -0.2) is 0 Å². The quantitative estimate of drug-likeness (QED) is 0.0508. The molecule has 0 aromatic rings. The van der Waals surface area contributed by atoms with Gasteiger partial charge in [0.25, 0.3) is 0 Å². The normalized spacial score (nSPS) is 14.1. The van der Waals surface area contributed by atoms with Crippen molar-refractivity contribution in [3.63, 3.8) is 0 Å². The van der Waals surface area contributed by atoms with Crippen molar-refractivity contribution in [3.8, 4) is 0 Å². The van der Waals surface area contributed by atoms with Crippen molar-refractivity contribution in [2.24, 2.45) is 0 Å². The maximum absolute atomic E-state index is 12.2. The molecule has 1 amide bonds.